The van der Waals surface area contributed by atoms with Crippen LogP contribution in [-0.4, -0.2) is 37.7 Å². The van der Waals surface area contributed by atoms with Crippen LogP contribution in [0, 0.1) is 5.41 Å². The van der Waals surface area contributed by atoms with E-state index in [1.807, 2.05) is 18.2 Å². The van der Waals surface area contributed by atoms with Crippen LogP contribution >= 0.6 is 0 Å². The molecule has 3 heteroatoms. The average molecular weight is 248 g/mol. The van der Waals surface area contributed by atoms with E-state index < -0.39 is 0 Å². The zero-order valence-corrected chi connectivity index (χ0v) is 12.1. The lowest BCUT2D eigenvalue weighted by molar-refractivity contribution is 0.00214. The number of hydrogen-bond donors (Lipinski definition) is 1. The van der Waals surface area contributed by atoms with Crippen molar-refractivity contribution in [1.29, 1.82) is 0 Å². The standard InChI is InChI=1S/C15H24N2O/c1-14(2,3)15(17(4)5)10-16-12-8-6-7-9-13(12)18-11-15/h6-9,16H,10-11H2,1-5H3. The second-order valence-corrected chi connectivity index (χ2v) is 6.31. The van der Waals surface area contributed by atoms with Crippen LogP contribution in [0.1, 0.15) is 20.8 Å². The number of para-hydroxylation sites is 2. The molecule has 3 nitrogen and oxygen atoms in total. The van der Waals surface area contributed by atoms with Crippen LogP contribution in [0.5, 0.6) is 5.75 Å². The van der Waals surface area contributed by atoms with Gasteiger partial charge < -0.3 is 10.1 Å². The van der Waals surface area contributed by atoms with Crippen molar-refractivity contribution in [3.63, 3.8) is 0 Å². The Morgan fingerprint density at radius 2 is 1.89 bits per heavy atom. The third-order valence-electron chi connectivity index (χ3n) is 4.18. The molecule has 0 aliphatic carbocycles. The molecule has 1 N–H and O–H groups in total. The number of rotatable bonds is 1. The Morgan fingerprint density at radius 1 is 1.22 bits per heavy atom. The summed E-state index contributed by atoms with van der Waals surface area (Å²) in [5, 5.41) is 3.54. The first-order valence-electron chi connectivity index (χ1n) is 6.50. The Bertz CT molecular complexity index is 394. The molecule has 0 radical (unpaired) electrons. The zero-order chi connectivity index (χ0) is 13.4. The largest absolute Gasteiger partial charge is 0.489 e. The highest BCUT2D eigenvalue weighted by Crippen LogP contribution is 2.39. The Balaban J connectivity index is 2.34. The third kappa shape index (κ3) is 2.07. The molecule has 0 bridgehead atoms. The number of fused-ring (bicyclic) bond motifs is 1. The van der Waals surface area contributed by atoms with Crippen LogP contribution in [0.4, 0.5) is 5.69 Å². The monoisotopic (exact) mass is 248 g/mol. The molecule has 2 rings (SSSR count). The normalized spacial score (nSPS) is 23.9. The maximum Gasteiger partial charge on any atom is 0.142 e. The van der Waals surface area contributed by atoms with Gasteiger partial charge in [-0.15, -0.1) is 0 Å². The van der Waals surface area contributed by atoms with E-state index in [4.69, 9.17) is 4.74 Å². The summed E-state index contributed by atoms with van der Waals surface area (Å²) >= 11 is 0. The first-order chi connectivity index (χ1) is 8.37. The Kier molecular flexibility index (Phi) is 3.28. The molecule has 1 aliphatic heterocycles. The maximum absolute atomic E-state index is 6.05. The lowest BCUT2D eigenvalue weighted by atomic mass is 9.73. The molecule has 1 atom stereocenters. The second-order valence-electron chi connectivity index (χ2n) is 6.31. The van der Waals surface area contributed by atoms with E-state index in [1.165, 1.54) is 0 Å². The van der Waals surface area contributed by atoms with Gasteiger partial charge in [0.2, 0.25) is 0 Å². The minimum atomic E-state index is -0.0218. The van der Waals surface area contributed by atoms with Crippen LogP contribution in [-0.2, 0) is 0 Å². The van der Waals surface area contributed by atoms with Crippen molar-refractivity contribution >= 4 is 5.69 Å². The average Bonchev–Trinajstić information content (AvgIpc) is 2.48. The van der Waals surface area contributed by atoms with E-state index in [2.05, 4.69) is 51.1 Å². The first-order valence-corrected chi connectivity index (χ1v) is 6.50. The van der Waals surface area contributed by atoms with E-state index in [1.54, 1.807) is 0 Å². The highest BCUT2D eigenvalue weighted by molar-refractivity contribution is 5.57. The van der Waals surface area contributed by atoms with Crippen LogP contribution < -0.4 is 10.1 Å². The summed E-state index contributed by atoms with van der Waals surface area (Å²) in [6.07, 6.45) is 0. The second kappa shape index (κ2) is 4.47. The van der Waals surface area contributed by atoms with Crippen LogP contribution in [0.3, 0.4) is 0 Å². The van der Waals surface area contributed by atoms with Gasteiger partial charge in [0, 0.05) is 6.54 Å². The highest BCUT2D eigenvalue weighted by Gasteiger charge is 2.45. The van der Waals surface area contributed by atoms with Gasteiger partial charge in [-0.25, -0.2) is 0 Å². The molecule has 0 aromatic heterocycles. The molecule has 1 aliphatic rings. The topological polar surface area (TPSA) is 24.5 Å². The summed E-state index contributed by atoms with van der Waals surface area (Å²) in [6.45, 7) is 8.41. The van der Waals surface area contributed by atoms with Crippen molar-refractivity contribution in [2.24, 2.45) is 5.41 Å². The number of benzene rings is 1. The minimum Gasteiger partial charge on any atom is -0.489 e. The van der Waals surface area contributed by atoms with Crippen molar-refractivity contribution in [3.8, 4) is 5.75 Å². The number of likely N-dealkylation sites (N-methyl/N-ethyl adjacent to an activating group) is 1. The van der Waals surface area contributed by atoms with Crippen molar-refractivity contribution < 1.29 is 4.74 Å². The van der Waals surface area contributed by atoms with Crippen LogP contribution in [0.15, 0.2) is 24.3 Å². The summed E-state index contributed by atoms with van der Waals surface area (Å²) in [5.74, 6) is 0.950. The fraction of sp³-hybridized carbons (Fsp3) is 0.600. The summed E-state index contributed by atoms with van der Waals surface area (Å²) in [7, 11) is 4.26. The van der Waals surface area contributed by atoms with E-state index in [0.29, 0.717) is 6.61 Å². The number of anilines is 1. The number of nitrogens with zero attached hydrogens (tertiary/aromatic N) is 1. The molecule has 0 spiro atoms. The minimum absolute atomic E-state index is 0.0218. The van der Waals surface area contributed by atoms with Crippen LogP contribution in [0.25, 0.3) is 0 Å². The van der Waals surface area contributed by atoms with Gasteiger partial charge >= 0.3 is 0 Å². The molecule has 1 heterocycles. The van der Waals surface area contributed by atoms with Gasteiger partial charge in [0.15, 0.2) is 0 Å². The van der Waals surface area contributed by atoms with E-state index >= 15 is 0 Å². The van der Waals surface area contributed by atoms with Gasteiger partial charge in [-0.2, -0.15) is 0 Å². The summed E-state index contributed by atoms with van der Waals surface area (Å²) in [6, 6.07) is 8.15. The lowest BCUT2D eigenvalue weighted by Crippen LogP contribution is -2.61. The smallest absolute Gasteiger partial charge is 0.142 e. The predicted octanol–water partition coefficient (Wildman–Crippen LogP) is 2.84. The molecular formula is C15H24N2O. The van der Waals surface area contributed by atoms with Gasteiger partial charge in [0.05, 0.1) is 11.2 Å². The van der Waals surface area contributed by atoms with Gasteiger partial charge in [-0.1, -0.05) is 32.9 Å². The number of ether oxygens (including phenoxy) is 1. The maximum atomic E-state index is 6.05. The third-order valence-corrected chi connectivity index (χ3v) is 4.18. The Morgan fingerprint density at radius 3 is 2.50 bits per heavy atom. The Labute approximate surface area is 110 Å². The fourth-order valence-corrected chi connectivity index (χ4v) is 2.67. The number of hydrogen-bond acceptors (Lipinski definition) is 3. The van der Waals surface area contributed by atoms with Gasteiger partial charge in [-0.3, -0.25) is 4.90 Å². The van der Waals surface area contributed by atoms with Gasteiger partial charge in [0.1, 0.15) is 12.4 Å². The van der Waals surface area contributed by atoms with Crippen molar-refractivity contribution in [2.45, 2.75) is 26.3 Å². The molecule has 0 fully saturated rings. The molecule has 0 saturated heterocycles. The predicted molar refractivity (Wildman–Crippen MR) is 76.3 cm³/mol. The fourth-order valence-electron chi connectivity index (χ4n) is 2.67. The number of nitrogens with one attached hydrogen (secondary N) is 1. The molecule has 18 heavy (non-hydrogen) atoms. The lowest BCUT2D eigenvalue weighted by Gasteiger charge is -2.48. The van der Waals surface area contributed by atoms with E-state index in [9.17, 15) is 0 Å². The van der Waals surface area contributed by atoms with Crippen molar-refractivity contribution in [1.82, 2.24) is 4.90 Å². The molecule has 100 valence electrons. The molecular weight excluding hydrogens is 224 g/mol. The van der Waals surface area contributed by atoms with E-state index in [0.717, 1.165) is 18.0 Å². The summed E-state index contributed by atoms with van der Waals surface area (Å²) in [4.78, 5) is 2.28. The van der Waals surface area contributed by atoms with Crippen molar-refractivity contribution in [3.05, 3.63) is 24.3 Å². The summed E-state index contributed by atoms with van der Waals surface area (Å²) < 4.78 is 6.05. The van der Waals surface area contributed by atoms with Crippen LogP contribution in [0.2, 0.25) is 0 Å². The SMILES string of the molecule is CN(C)C1(C(C)(C)C)CNc2ccccc2OC1. The molecule has 1 aromatic carbocycles. The zero-order valence-electron chi connectivity index (χ0n) is 12.1. The Hall–Kier alpha value is -1.22. The first kappa shape index (κ1) is 13.2. The summed E-state index contributed by atoms with van der Waals surface area (Å²) in [5.41, 5.74) is 1.20. The molecule has 0 saturated carbocycles. The quantitative estimate of drug-likeness (QED) is 0.827. The molecule has 1 unspecified atom stereocenters. The molecule has 1 aromatic rings. The van der Waals surface area contributed by atoms with Gasteiger partial charge in [0.25, 0.3) is 0 Å². The van der Waals surface area contributed by atoms with Gasteiger partial charge in [-0.05, 0) is 31.6 Å². The molecule has 0 amide bonds. The van der Waals surface area contributed by atoms with Crippen molar-refractivity contribution in [2.75, 3.05) is 32.6 Å². The highest BCUT2D eigenvalue weighted by atomic mass is 16.5. The van der Waals surface area contributed by atoms with E-state index in [-0.39, 0.29) is 11.0 Å².